The monoisotopic (exact) mass is 350 g/mol. The Morgan fingerprint density at radius 2 is 1.92 bits per heavy atom. The fraction of sp³-hybridized carbons (Fsp3) is 0.273. The second-order valence-corrected chi connectivity index (χ2v) is 6.31. The van der Waals surface area contributed by atoms with Crippen LogP contribution >= 0.6 is 0 Å². The molecule has 26 heavy (non-hydrogen) atoms. The number of hydrogen-bond acceptors (Lipinski definition) is 3. The van der Waals surface area contributed by atoms with Crippen molar-refractivity contribution in [3.8, 4) is 11.5 Å². The molecule has 1 aromatic heterocycles. The van der Waals surface area contributed by atoms with Crippen molar-refractivity contribution in [2.24, 2.45) is 0 Å². The molecule has 0 saturated heterocycles. The van der Waals surface area contributed by atoms with Crippen molar-refractivity contribution in [3.63, 3.8) is 0 Å². The van der Waals surface area contributed by atoms with Gasteiger partial charge in [-0.15, -0.1) is 6.58 Å². The molecule has 0 saturated carbocycles. The summed E-state index contributed by atoms with van der Waals surface area (Å²) in [4.78, 5) is 5.73. The van der Waals surface area contributed by atoms with Crippen molar-refractivity contribution in [1.29, 1.82) is 0 Å². The standard InChI is InChI=1S/C22H26N2O2/c1-4-12-24(16-18-7-5-6-8-22(18)26-3)13-11-17-15-23-21-10-9-19(25-2)14-20(17)21/h4-10,14-15,23H,1,11-13,16H2,2-3H3. The van der Waals surface area contributed by atoms with E-state index < -0.39 is 0 Å². The van der Waals surface area contributed by atoms with Crippen LogP contribution in [0.2, 0.25) is 0 Å². The number of methoxy groups -OCH3 is 2. The molecule has 1 heterocycles. The zero-order chi connectivity index (χ0) is 18.4. The summed E-state index contributed by atoms with van der Waals surface area (Å²) in [5.74, 6) is 1.81. The maximum Gasteiger partial charge on any atom is 0.123 e. The van der Waals surface area contributed by atoms with Gasteiger partial charge in [0.15, 0.2) is 0 Å². The van der Waals surface area contributed by atoms with E-state index in [4.69, 9.17) is 9.47 Å². The lowest BCUT2D eigenvalue weighted by Gasteiger charge is -2.21. The summed E-state index contributed by atoms with van der Waals surface area (Å²) < 4.78 is 10.9. The summed E-state index contributed by atoms with van der Waals surface area (Å²) in [5.41, 5.74) is 3.63. The average molecular weight is 350 g/mol. The first-order valence-electron chi connectivity index (χ1n) is 8.84. The van der Waals surface area contributed by atoms with Crippen molar-refractivity contribution in [2.45, 2.75) is 13.0 Å². The van der Waals surface area contributed by atoms with Crippen LogP contribution < -0.4 is 9.47 Å². The van der Waals surface area contributed by atoms with E-state index in [2.05, 4.69) is 46.9 Å². The number of para-hydroxylation sites is 1. The minimum Gasteiger partial charge on any atom is -0.497 e. The highest BCUT2D eigenvalue weighted by molar-refractivity contribution is 5.84. The molecule has 2 aromatic carbocycles. The molecule has 3 rings (SSSR count). The molecule has 4 heteroatoms. The number of nitrogens with zero attached hydrogens (tertiary/aromatic N) is 1. The van der Waals surface area contributed by atoms with Gasteiger partial charge in [0.25, 0.3) is 0 Å². The van der Waals surface area contributed by atoms with Crippen molar-refractivity contribution >= 4 is 10.9 Å². The lowest BCUT2D eigenvalue weighted by atomic mass is 10.1. The first-order chi connectivity index (χ1) is 12.7. The Bertz CT molecular complexity index is 869. The molecule has 0 atom stereocenters. The second kappa shape index (κ2) is 8.59. The van der Waals surface area contributed by atoms with E-state index in [-0.39, 0.29) is 0 Å². The third-order valence-electron chi connectivity index (χ3n) is 4.65. The summed E-state index contributed by atoms with van der Waals surface area (Å²) >= 11 is 0. The Kier molecular flexibility index (Phi) is 5.97. The van der Waals surface area contributed by atoms with Gasteiger partial charge in [-0.1, -0.05) is 24.3 Å². The van der Waals surface area contributed by atoms with E-state index in [1.165, 1.54) is 16.5 Å². The fourth-order valence-corrected chi connectivity index (χ4v) is 3.26. The van der Waals surface area contributed by atoms with Crippen LogP contribution in [0.3, 0.4) is 0 Å². The average Bonchev–Trinajstić information content (AvgIpc) is 3.08. The number of fused-ring (bicyclic) bond motifs is 1. The van der Waals surface area contributed by atoms with Gasteiger partial charge in [-0.05, 0) is 36.2 Å². The third kappa shape index (κ3) is 4.09. The van der Waals surface area contributed by atoms with Crippen LogP contribution in [0.5, 0.6) is 11.5 Å². The quantitative estimate of drug-likeness (QED) is 0.581. The maximum absolute atomic E-state index is 5.49. The summed E-state index contributed by atoms with van der Waals surface area (Å²) in [6.07, 6.45) is 5.00. The van der Waals surface area contributed by atoms with Crippen molar-refractivity contribution in [3.05, 3.63) is 72.4 Å². The van der Waals surface area contributed by atoms with Crippen molar-refractivity contribution in [1.82, 2.24) is 9.88 Å². The van der Waals surface area contributed by atoms with Crippen LogP contribution in [0.1, 0.15) is 11.1 Å². The Morgan fingerprint density at radius 3 is 2.69 bits per heavy atom. The van der Waals surface area contributed by atoms with E-state index in [0.717, 1.165) is 43.1 Å². The van der Waals surface area contributed by atoms with Crippen molar-refractivity contribution < 1.29 is 9.47 Å². The molecule has 136 valence electrons. The van der Waals surface area contributed by atoms with E-state index >= 15 is 0 Å². The molecule has 0 aliphatic heterocycles. The Hall–Kier alpha value is -2.72. The number of H-pyrrole nitrogens is 1. The number of hydrogen-bond donors (Lipinski definition) is 1. The van der Waals surface area contributed by atoms with E-state index in [9.17, 15) is 0 Å². The predicted octanol–water partition coefficient (Wildman–Crippen LogP) is 4.42. The van der Waals surface area contributed by atoms with Crippen LogP contribution in [-0.2, 0) is 13.0 Å². The molecular formula is C22H26N2O2. The molecule has 0 spiro atoms. The molecule has 3 aromatic rings. The van der Waals surface area contributed by atoms with Crippen LogP contribution in [0, 0.1) is 0 Å². The molecule has 0 amide bonds. The Balaban J connectivity index is 1.74. The van der Waals surface area contributed by atoms with E-state index in [1.54, 1.807) is 14.2 Å². The van der Waals surface area contributed by atoms with Gasteiger partial charge in [-0.3, -0.25) is 4.90 Å². The minimum atomic E-state index is 0.835. The molecule has 0 radical (unpaired) electrons. The number of benzene rings is 2. The lowest BCUT2D eigenvalue weighted by molar-refractivity contribution is 0.292. The first-order valence-corrected chi connectivity index (χ1v) is 8.84. The Labute approximate surface area is 155 Å². The van der Waals surface area contributed by atoms with Crippen LogP contribution in [0.25, 0.3) is 10.9 Å². The highest BCUT2D eigenvalue weighted by Gasteiger charge is 2.11. The molecule has 4 nitrogen and oxygen atoms in total. The SMILES string of the molecule is C=CCN(CCc1c[nH]c2ccc(OC)cc12)Cc1ccccc1OC. The molecule has 0 fully saturated rings. The van der Waals surface area contributed by atoms with Gasteiger partial charge in [0.2, 0.25) is 0 Å². The van der Waals surface area contributed by atoms with E-state index in [1.807, 2.05) is 24.3 Å². The zero-order valence-electron chi connectivity index (χ0n) is 15.5. The van der Waals surface area contributed by atoms with Gasteiger partial charge < -0.3 is 14.5 Å². The Morgan fingerprint density at radius 1 is 1.08 bits per heavy atom. The molecule has 1 N–H and O–H groups in total. The molecule has 0 aliphatic rings. The van der Waals surface area contributed by atoms with Gasteiger partial charge in [0.1, 0.15) is 11.5 Å². The number of aromatic amines is 1. The molecular weight excluding hydrogens is 324 g/mol. The summed E-state index contributed by atoms with van der Waals surface area (Å²) in [7, 11) is 3.42. The summed E-state index contributed by atoms with van der Waals surface area (Å²) in [6, 6.07) is 14.3. The largest absolute Gasteiger partial charge is 0.497 e. The third-order valence-corrected chi connectivity index (χ3v) is 4.65. The van der Waals surface area contributed by atoms with Crippen LogP contribution in [-0.4, -0.2) is 37.2 Å². The predicted molar refractivity (Wildman–Crippen MR) is 107 cm³/mol. The molecule has 0 bridgehead atoms. The highest BCUT2D eigenvalue weighted by Crippen LogP contribution is 2.25. The maximum atomic E-state index is 5.49. The van der Waals surface area contributed by atoms with Gasteiger partial charge >= 0.3 is 0 Å². The lowest BCUT2D eigenvalue weighted by Crippen LogP contribution is -2.26. The van der Waals surface area contributed by atoms with E-state index in [0.29, 0.717) is 0 Å². The van der Waals surface area contributed by atoms with Crippen LogP contribution in [0.4, 0.5) is 0 Å². The molecule has 0 unspecified atom stereocenters. The summed E-state index contributed by atoms with van der Waals surface area (Å²) in [6.45, 7) is 6.52. The number of nitrogens with one attached hydrogen (secondary N) is 1. The van der Waals surface area contributed by atoms with Gasteiger partial charge in [-0.2, -0.15) is 0 Å². The highest BCUT2D eigenvalue weighted by atomic mass is 16.5. The summed E-state index contributed by atoms with van der Waals surface area (Å²) in [5, 5.41) is 1.22. The van der Waals surface area contributed by atoms with Crippen molar-refractivity contribution in [2.75, 3.05) is 27.3 Å². The van der Waals surface area contributed by atoms with Gasteiger partial charge in [0.05, 0.1) is 14.2 Å². The fourth-order valence-electron chi connectivity index (χ4n) is 3.26. The second-order valence-electron chi connectivity index (χ2n) is 6.31. The minimum absolute atomic E-state index is 0.835. The smallest absolute Gasteiger partial charge is 0.123 e. The topological polar surface area (TPSA) is 37.5 Å². The van der Waals surface area contributed by atoms with Gasteiger partial charge in [-0.25, -0.2) is 0 Å². The number of ether oxygens (including phenoxy) is 2. The first kappa shape index (κ1) is 18.1. The number of rotatable bonds is 9. The normalized spacial score (nSPS) is 11.0. The van der Waals surface area contributed by atoms with Crippen LogP contribution in [0.15, 0.2) is 61.3 Å². The number of aromatic nitrogens is 1. The molecule has 0 aliphatic carbocycles. The zero-order valence-corrected chi connectivity index (χ0v) is 15.5. The van der Waals surface area contributed by atoms with Gasteiger partial charge in [0, 0.05) is 42.3 Å².